The van der Waals surface area contributed by atoms with Crippen molar-refractivity contribution < 1.29 is 45.4 Å². The molecule has 0 saturated heterocycles. The standard InChI is InChI=1S/C37H50F6O4/c1-3-5-7-9-11-13-15-19-26-46-33(44)29-22-21-23-30(28-29)35(36(38,39)40,37(41,42)43)32-25-18-17-24-31(32)34(45)47-27-20-16-14-12-10-8-6-4-2/h17-18,21-25,28H,3-16,19-20,26-27H2,1-2H3. The van der Waals surface area contributed by atoms with Gasteiger partial charge in [-0.05, 0) is 42.2 Å². The Balaban J connectivity index is 2.25. The highest BCUT2D eigenvalue weighted by atomic mass is 19.4. The van der Waals surface area contributed by atoms with E-state index in [1.165, 1.54) is 12.5 Å². The van der Waals surface area contributed by atoms with Gasteiger partial charge in [0.15, 0.2) is 0 Å². The van der Waals surface area contributed by atoms with Crippen molar-refractivity contribution in [2.45, 2.75) is 134 Å². The van der Waals surface area contributed by atoms with E-state index in [2.05, 4.69) is 13.8 Å². The minimum absolute atomic E-state index is 0.00473. The molecule has 0 unspecified atom stereocenters. The van der Waals surface area contributed by atoms with Crippen molar-refractivity contribution in [3.63, 3.8) is 0 Å². The maximum Gasteiger partial charge on any atom is 0.411 e. The first-order valence-corrected chi connectivity index (χ1v) is 17.1. The molecule has 4 nitrogen and oxygen atoms in total. The van der Waals surface area contributed by atoms with Crippen LogP contribution < -0.4 is 0 Å². The Labute approximate surface area is 275 Å². The average Bonchev–Trinajstić information content (AvgIpc) is 3.02. The van der Waals surface area contributed by atoms with Gasteiger partial charge in [-0.1, -0.05) is 134 Å². The van der Waals surface area contributed by atoms with E-state index in [0.29, 0.717) is 31.0 Å². The van der Waals surface area contributed by atoms with Crippen LogP contribution in [0, 0.1) is 0 Å². The molecule has 0 bridgehead atoms. The summed E-state index contributed by atoms with van der Waals surface area (Å²) in [6.07, 6.45) is 3.54. The third-order valence-corrected chi connectivity index (χ3v) is 8.39. The van der Waals surface area contributed by atoms with Crippen LogP contribution in [0.5, 0.6) is 0 Å². The monoisotopic (exact) mass is 672 g/mol. The maximum absolute atomic E-state index is 15.0. The van der Waals surface area contributed by atoms with Crippen LogP contribution in [-0.2, 0) is 14.9 Å². The fourth-order valence-corrected chi connectivity index (χ4v) is 5.78. The Hall–Kier alpha value is -3.04. The van der Waals surface area contributed by atoms with Crippen LogP contribution in [0.15, 0.2) is 48.5 Å². The molecule has 10 heteroatoms. The summed E-state index contributed by atoms with van der Waals surface area (Å²) in [4.78, 5) is 25.7. The molecule has 0 heterocycles. The molecule has 2 rings (SSSR count). The first-order valence-electron chi connectivity index (χ1n) is 17.1. The van der Waals surface area contributed by atoms with Crippen LogP contribution in [-0.4, -0.2) is 37.5 Å². The van der Waals surface area contributed by atoms with E-state index >= 15 is 0 Å². The maximum atomic E-state index is 15.0. The highest BCUT2D eigenvalue weighted by molar-refractivity contribution is 5.92. The summed E-state index contributed by atoms with van der Waals surface area (Å²) in [6, 6.07) is 7.03. The normalized spacial score (nSPS) is 12.3. The van der Waals surface area contributed by atoms with E-state index < -0.39 is 52.0 Å². The molecule has 0 fully saturated rings. The van der Waals surface area contributed by atoms with Crippen LogP contribution in [0.25, 0.3) is 0 Å². The van der Waals surface area contributed by atoms with E-state index in [1.807, 2.05) is 0 Å². The molecule has 0 saturated carbocycles. The van der Waals surface area contributed by atoms with Crippen molar-refractivity contribution in [1.82, 2.24) is 0 Å². The lowest BCUT2D eigenvalue weighted by Crippen LogP contribution is -2.55. The second-order valence-corrected chi connectivity index (χ2v) is 12.1. The zero-order valence-corrected chi connectivity index (χ0v) is 27.7. The molecule has 0 N–H and O–H groups in total. The molecule has 2 aromatic carbocycles. The molecule has 47 heavy (non-hydrogen) atoms. The Morgan fingerprint density at radius 3 is 1.49 bits per heavy atom. The number of alkyl halides is 6. The zero-order valence-electron chi connectivity index (χ0n) is 27.7. The van der Waals surface area contributed by atoms with Crippen molar-refractivity contribution in [2.24, 2.45) is 0 Å². The summed E-state index contributed by atoms with van der Waals surface area (Å²) in [5.74, 6) is -2.30. The number of benzene rings is 2. The van der Waals surface area contributed by atoms with E-state index in [4.69, 9.17) is 9.47 Å². The van der Waals surface area contributed by atoms with Crippen molar-refractivity contribution in [3.05, 3.63) is 70.8 Å². The fourth-order valence-electron chi connectivity index (χ4n) is 5.78. The highest BCUT2D eigenvalue weighted by Crippen LogP contribution is 2.57. The summed E-state index contributed by atoms with van der Waals surface area (Å²) in [6.45, 7) is 4.11. The van der Waals surface area contributed by atoms with Gasteiger partial charge < -0.3 is 9.47 Å². The minimum Gasteiger partial charge on any atom is -0.462 e. The lowest BCUT2D eigenvalue weighted by Gasteiger charge is -2.39. The molecular formula is C37H50F6O4. The van der Waals surface area contributed by atoms with Gasteiger partial charge in [-0.25, -0.2) is 9.59 Å². The minimum atomic E-state index is -5.95. The van der Waals surface area contributed by atoms with Crippen molar-refractivity contribution in [3.8, 4) is 0 Å². The number of carbonyl (C=O) groups excluding carboxylic acids is 2. The number of carbonyl (C=O) groups is 2. The number of esters is 2. The van der Waals surface area contributed by atoms with Crippen molar-refractivity contribution in [1.29, 1.82) is 0 Å². The molecule has 0 atom stereocenters. The molecule has 0 aliphatic rings. The van der Waals surface area contributed by atoms with Crippen LogP contribution in [0.4, 0.5) is 26.3 Å². The molecule has 0 aromatic heterocycles. The third kappa shape index (κ3) is 11.9. The molecule has 0 aliphatic heterocycles. The highest BCUT2D eigenvalue weighted by Gasteiger charge is 2.73. The Morgan fingerprint density at radius 1 is 0.553 bits per heavy atom. The smallest absolute Gasteiger partial charge is 0.411 e. The van der Waals surface area contributed by atoms with E-state index in [0.717, 1.165) is 108 Å². The van der Waals surface area contributed by atoms with Gasteiger partial charge in [0.05, 0.1) is 24.3 Å². The van der Waals surface area contributed by atoms with Gasteiger partial charge in [0.25, 0.3) is 0 Å². The van der Waals surface area contributed by atoms with Crippen LogP contribution >= 0.6 is 0 Å². The van der Waals surface area contributed by atoms with Gasteiger partial charge in [-0.2, -0.15) is 26.3 Å². The second-order valence-electron chi connectivity index (χ2n) is 12.1. The quantitative estimate of drug-likeness (QED) is 0.0710. The van der Waals surface area contributed by atoms with Gasteiger partial charge in [-0.3, -0.25) is 0 Å². The predicted molar refractivity (Wildman–Crippen MR) is 172 cm³/mol. The number of rotatable bonds is 22. The van der Waals surface area contributed by atoms with Crippen LogP contribution in [0.2, 0.25) is 0 Å². The summed E-state index contributed by atoms with van der Waals surface area (Å²) in [5.41, 5.74) is -8.48. The lowest BCUT2D eigenvalue weighted by atomic mass is 9.71. The lowest BCUT2D eigenvalue weighted by molar-refractivity contribution is -0.288. The molecule has 264 valence electrons. The molecule has 0 radical (unpaired) electrons. The summed E-state index contributed by atoms with van der Waals surface area (Å²) in [7, 11) is 0. The number of ether oxygens (including phenoxy) is 2. The first-order chi connectivity index (χ1) is 22.4. The van der Waals surface area contributed by atoms with Gasteiger partial charge >= 0.3 is 24.3 Å². The fraction of sp³-hybridized carbons (Fsp3) is 0.622. The number of halogens is 6. The third-order valence-electron chi connectivity index (χ3n) is 8.39. The van der Waals surface area contributed by atoms with Gasteiger partial charge in [-0.15, -0.1) is 0 Å². The molecule has 2 aromatic rings. The topological polar surface area (TPSA) is 52.6 Å². The first kappa shape index (κ1) is 40.1. The number of hydrogen-bond donors (Lipinski definition) is 0. The summed E-state index contributed by atoms with van der Waals surface area (Å²) in [5, 5.41) is 0. The van der Waals surface area contributed by atoms with E-state index in [1.54, 1.807) is 0 Å². The summed E-state index contributed by atoms with van der Waals surface area (Å²) < 4.78 is 100. The SMILES string of the molecule is CCCCCCCCCCOC(=O)c1cccc(C(c2ccccc2C(=O)OCCCCCCCCCC)(C(F)(F)F)C(F)(F)F)c1. The largest absolute Gasteiger partial charge is 0.462 e. The Bertz CT molecular complexity index is 1190. The number of unbranched alkanes of at least 4 members (excludes halogenated alkanes) is 14. The Kier molecular flexibility index (Phi) is 17.4. The predicted octanol–water partition coefficient (Wildman–Crippen LogP) is 11.7. The molecule has 0 amide bonds. The number of hydrogen-bond acceptors (Lipinski definition) is 4. The van der Waals surface area contributed by atoms with Crippen LogP contribution in [0.1, 0.15) is 148 Å². The Morgan fingerprint density at radius 2 is 1.00 bits per heavy atom. The van der Waals surface area contributed by atoms with Crippen LogP contribution in [0.3, 0.4) is 0 Å². The van der Waals surface area contributed by atoms with Crippen molar-refractivity contribution in [2.75, 3.05) is 13.2 Å². The second kappa shape index (κ2) is 20.4. The zero-order chi connectivity index (χ0) is 34.8. The molecule has 0 aliphatic carbocycles. The molecular weight excluding hydrogens is 622 g/mol. The van der Waals surface area contributed by atoms with E-state index in [-0.39, 0.29) is 13.2 Å². The van der Waals surface area contributed by atoms with E-state index in [9.17, 15) is 35.9 Å². The average molecular weight is 673 g/mol. The van der Waals surface area contributed by atoms with Gasteiger partial charge in [0.2, 0.25) is 5.41 Å². The van der Waals surface area contributed by atoms with Gasteiger partial charge in [0.1, 0.15) is 0 Å². The van der Waals surface area contributed by atoms with Gasteiger partial charge in [0, 0.05) is 0 Å². The van der Waals surface area contributed by atoms with Crippen molar-refractivity contribution >= 4 is 11.9 Å². The summed E-state index contributed by atoms with van der Waals surface area (Å²) >= 11 is 0. The molecule has 0 spiro atoms.